The number of nitrogens with zero attached hydrogens (tertiary/aromatic N) is 1. The van der Waals surface area contributed by atoms with Crippen LogP contribution < -0.4 is 15.0 Å². The standard InChI is InChI=1S/C35H29FN2O5S/c36-28-12-5-7-14-31(28)38(34(40)32-15-8-22-44-32)20-21-43-26-18-16-24(17-19-26)23-30(35(41)42)37-29-13-6-4-11-27(29)33(39)25-9-2-1-3-10-25/h1-19,22,30,37H,20-21,23H2,(H,41,42). The van der Waals surface area contributed by atoms with E-state index in [4.69, 9.17) is 4.74 Å². The molecule has 0 radical (unpaired) electrons. The Balaban J connectivity index is 1.23. The van der Waals surface area contributed by atoms with Crippen molar-refractivity contribution in [2.45, 2.75) is 12.5 Å². The smallest absolute Gasteiger partial charge is 0.326 e. The zero-order chi connectivity index (χ0) is 30.9. The van der Waals surface area contributed by atoms with Crippen LogP contribution >= 0.6 is 11.3 Å². The van der Waals surface area contributed by atoms with Crippen LogP contribution in [0.1, 0.15) is 31.2 Å². The zero-order valence-electron chi connectivity index (χ0n) is 23.6. The van der Waals surface area contributed by atoms with Crippen molar-refractivity contribution in [3.05, 3.63) is 148 Å². The molecule has 5 rings (SSSR count). The van der Waals surface area contributed by atoms with Crippen LogP contribution in [0, 0.1) is 5.82 Å². The van der Waals surface area contributed by atoms with Crippen LogP contribution in [0.3, 0.4) is 0 Å². The summed E-state index contributed by atoms with van der Waals surface area (Å²) < 4.78 is 20.4. The average Bonchev–Trinajstić information content (AvgIpc) is 3.59. The van der Waals surface area contributed by atoms with Gasteiger partial charge in [0.05, 0.1) is 17.1 Å². The number of aliphatic carboxylic acids is 1. The molecule has 1 unspecified atom stereocenters. The number of carboxylic acids is 1. The molecule has 5 aromatic rings. The second-order valence-corrected chi connectivity index (χ2v) is 10.8. The maximum atomic E-state index is 14.6. The maximum absolute atomic E-state index is 14.6. The number of para-hydroxylation sites is 2. The van der Waals surface area contributed by atoms with E-state index in [0.717, 1.165) is 5.56 Å². The SMILES string of the molecule is O=C(c1ccccc1)c1ccccc1NC(Cc1ccc(OCCN(C(=O)c2cccs2)c2ccccc2F)cc1)C(=O)O. The van der Waals surface area contributed by atoms with Gasteiger partial charge < -0.3 is 20.1 Å². The molecule has 1 atom stereocenters. The molecule has 4 aromatic carbocycles. The predicted octanol–water partition coefficient (Wildman–Crippen LogP) is 6.95. The summed E-state index contributed by atoms with van der Waals surface area (Å²) in [5.74, 6) is -1.57. The number of carbonyl (C=O) groups excluding carboxylic acids is 2. The van der Waals surface area contributed by atoms with Gasteiger partial charge in [0.2, 0.25) is 0 Å². The van der Waals surface area contributed by atoms with Gasteiger partial charge in [0.1, 0.15) is 24.2 Å². The number of ether oxygens (including phenoxy) is 1. The van der Waals surface area contributed by atoms with E-state index in [1.807, 2.05) is 6.07 Å². The first kappa shape index (κ1) is 30.2. The number of nitrogens with one attached hydrogen (secondary N) is 1. The Morgan fingerprint density at radius 1 is 0.841 bits per heavy atom. The number of hydrogen-bond acceptors (Lipinski definition) is 6. The van der Waals surface area contributed by atoms with Gasteiger partial charge >= 0.3 is 5.97 Å². The first-order valence-corrected chi connectivity index (χ1v) is 14.8. The number of amides is 1. The van der Waals surface area contributed by atoms with Crippen molar-refractivity contribution >= 4 is 40.4 Å². The summed E-state index contributed by atoms with van der Waals surface area (Å²) >= 11 is 1.28. The van der Waals surface area contributed by atoms with E-state index in [1.54, 1.807) is 109 Å². The third-order valence-corrected chi connectivity index (χ3v) is 7.76. The minimum absolute atomic E-state index is 0.107. The number of thiophene rings is 1. The molecule has 2 N–H and O–H groups in total. The number of ketones is 1. The molecule has 7 nitrogen and oxygen atoms in total. The summed E-state index contributed by atoms with van der Waals surface area (Å²) in [5.41, 5.74) is 2.24. The molecule has 0 bridgehead atoms. The maximum Gasteiger partial charge on any atom is 0.326 e. The number of carbonyl (C=O) groups is 3. The molecule has 0 spiro atoms. The van der Waals surface area contributed by atoms with E-state index in [9.17, 15) is 23.9 Å². The molecular weight excluding hydrogens is 579 g/mol. The third-order valence-electron chi connectivity index (χ3n) is 6.90. The molecule has 0 saturated carbocycles. The van der Waals surface area contributed by atoms with E-state index in [-0.39, 0.29) is 37.0 Å². The fraction of sp³-hybridized carbons (Fsp3) is 0.114. The molecular formula is C35H29FN2O5S. The second-order valence-electron chi connectivity index (χ2n) is 9.86. The number of anilines is 2. The van der Waals surface area contributed by atoms with Gasteiger partial charge in [-0.2, -0.15) is 0 Å². The molecule has 0 fully saturated rings. The molecule has 1 amide bonds. The molecule has 0 saturated heterocycles. The predicted molar refractivity (Wildman–Crippen MR) is 169 cm³/mol. The molecule has 9 heteroatoms. The molecule has 222 valence electrons. The number of benzene rings is 4. The monoisotopic (exact) mass is 608 g/mol. The molecule has 0 aliphatic heterocycles. The van der Waals surface area contributed by atoms with Crippen LogP contribution in [0.4, 0.5) is 15.8 Å². The lowest BCUT2D eigenvalue weighted by atomic mass is 10.00. The number of rotatable bonds is 13. The van der Waals surface area contributed by atoms with Gasteiger partial charge in [0, 0.05) is 23.2 Å². The highest BCUT2D eigenvalue weighted by Crippen LogP contribution is 2.24. The van der Waals surface area contributed by atoms with Gasteiger partial charge in [-0.25, -0.2) is 9.18 Å². The van der Waals surface area contributed by atoms with Crippen molar-refractivity contribution in [2.75, 3.05) is 23.4 Å². The minimum Gasteiger partial charge on any atom is -0.492 e. The van der Waals surface area contributed by atoms with Crippen LogP contribution in [-0.2, 0) is 11.2 Å². The van der Waals surface area contributed by atoms with Gasteiger partial charge in [-0.15, -0.1) is 11.3 Å². The Labute approximate surface area is 258 Å². The summed E-state index contributed by atoms with van der Waals surface area (Å²) in [6.45, 7) is 0.224. The Bertz CT molecular complexity index is 1730. The third kappa shape index (κ3) is 7.37. The highest BCUT2D eigenvalue weighted by Gasteiger charge is 2.23. The van der Waals surface area contributed by atoms with Gasteiger partial charge in [-0.3, -0.25) is 9.59 Å². The number of hydrogen-bond donors (Lipinski definition) is 2. The molecule has 1 aromatic heterocycles. The Morgan fingerprint density at radius 3 is 2.25 bits per heavy atom. The molecule has 0 aliphatic carbocycles. The molecule has 0 aliphatic rings. The topological polar surface area (TPSA) is 95.9 Å². The van der Waals surface area contributed by atoms with E-state index >= 15 is 0 Å². The van der Waals surface area contributed by atoms with Crippen molar-refractivity contribution < 1.29 is 28.6 Å². The number of halogens is 1. The fourth-order valence-electron chi connectivity index (χ4n) is 4.69. The van der Waals surface area contributed by atoms with E-state index < -0.39 is 17.8 Å². The first-order chi connectivity index (χ1) is 21.4. The summed E-state index contributed by atoms with van der Waals surface area (Å²) in [4.78, 5) is 40.2. The van der Waals surface area contributed by atoms with Crippen LogP contribution in [-0.4, -0.2) is 42.0 Å². The zero-order valence-corrected chi connectivity index (χ0v) is 24.4. The van der Waals surface area contributed by atoms with Crippen molar-refractivity contribution in [1.29, 1.82) is 0 Å². The normalized spacial score (nSPS) is 11.4. The van der Waals surface area contributed by atoms with Crippen molar-refractivity contribution in [3.63, 3.8) is 0 Å². The average molecular weight is 609 g/mol. The van der Waals surface area contributed by atoms with Crippen LogP contribution in [0.15, 0.2) is 121 Å². The minimum atomic E-state index is -1.06. The lowest BCUT2D eigenvalue weighted by Gasteiger charge is -2.23. The van der Waals surface area contributed by atoms with Gasteiger partial charge in [0.15, 0.2) is 5.78 Å². The van der Waals surface area contributed by atoms with Crippen molar-refractivity contribution in [3.8, 4) is 5.75 Å². The Kier molecular flexibility index (Phi) is 9.78. The summed E-state index contributed by atoms with van der Waals surface area (Å²) in [7, 11) is 0. The second kappa shape index (κ2) is 14.3. The fourth-order valence-corrected chi connectivity index (χ4v) is 5.36. The largest absolute Gasteiger partial charge is 0.492 e. The van der Waals surface area contributed by atoms with Gasteiger partial charge in [0.25, 0.3) is 5.91 Å². The van der Waals surface area contributed by atoms with Gasteiger partial charge in [-0.1, -0.05) is 72.8 Å². The highest BCUT2D eigenvalue weighted by atomic mass is 32.1. The summed E-state index contributed by atoms with van der Waals surface area (Å²) in [6, 6.07) is 31.2. The van der Waals surface area contributed by atoms with Gasteiger partial charge in [-0.05, 0) is 53.4 Å². The van der Waals surface area contributed by atoms with Crippen molar-refractivity contribution in [2.24, 2.45) is 0 Å². The quantitative estimate of drug-likeness (QED) is 0.141. The van der Waals surface area contributed by atoms with Crippen LogP contribution in [0.25, 0.3) is 0 Å². The van der Waals surface area contributed by atoms with Crippen LogP contribution in [0.5, 0.6) is 5.75 Å². The first-order valence-electron chi connectivity index (χ1n) is 13.9. The van der Waals surface area contributed by atoms with E-state index in [2.05, 4.69) is 5.32 Å². The van der Waals surface area contributed by atoms with Crippen LogP contribution in [0.2, 0.25) is 0 Å². The van der Waals surface area contributed by atoms with E-state index in [1.165, 1.54) is 22.3 Å². The lowest BCUT2D eigenvalue weighted by molar-refractivity contribution is -0.137. The Hall–Kier alpha value is -5.28. The van der Waals surface area contributed by atoms with E-state index in [0.29, 0.717) is 27.4 Å². The molecule has 44 heavy (non-hydrogen) atoms. The Morgan fingerprint density at radius 2 is 1.55 bits per heavy atom. The highest BCUT2D eigenvalue weighted by molar-refractivity contribution is 7.12. The lowest BCUT2D eigenvalue weighted by Crippen LogP contribution is -2.35. The summed E-state index contributed by atoms with van der Waals surface area (Å²) in [6.07, 6.45) is 0.153. The number of carboxylic acid groups (broad SMARTS) is 1. The summed E-state index contributed by atoms with van der Waals surface area (Å²) in [5, 5.41) is 14.8. The molecule has 1 heterocycles. The van der Waals surface area contributed by atoms with Crippen molar-refractivity contribution in [1.82, 2.24) is 0 Å².